The van der Waals surface area contributed by atoms with E-state index in [2.05, 4.69) is 5.32 Å². The van der Waals surface area contributed by atoms with E-state index in [9.17, 15) is 14.0 Å². The first kappa shape index (κ1) is 20.8. The van der Waals surface area contributed by atoms with Crippen molar-refractivity contribution in [3.63, 3.8) is 0 Å². The summed E-state index contributed by atoms with van der Waals surface area (Å²) in [6, 6.07) is 20.3. The van der Waals surface area contributed by atoms with Gasteiger partial charge in [-0.3, -0.25) is 9.69 Å². The molecule has 0 bridgehead atoms. The number of carbonyl (C=O) groups excluding carboxylic acids is 2. The summed E-state index contributed by atoms with van der Waals surface area (Å²) in [5, 5.41) is 3.40. The third kappa shape index (κ3) is 3.42. The molecule has 0 saturated carbocycles. The van der Waals surface area contributed by atoms with Gasteiger partial charge in [0.2, 0.25) is 0 Å². The Morgan fingerprint density at radius 3 is 2.59 bits per heavy atom. The van der Waals surface area contributed by atoms with Gasteiger partial charge < -0.3 is 10.2 Å². The van der Waals surface area contributed by atoms with Crippen molar-refractivity contribution in [1.82, 2.24) is 4.90 Å². The first-order valence-corrected chi connectivity index (χ1v) is 11.5. The minimum absolute atomic E-state index is 0.240. The van der Waals surface area contributed by atoms with Gasteiger partial charge in [0.15, 0.2) is 4.87 Å². The standard InChI is InChI=1S/C24H19ClFN3O2S/c25-17-6-9-19(10-7-17)27-23(31)29-12-13-32-24(29)20-14-18(26)8-11-21(20)28(22(24)30)15-16-4-2-1-3-5-16/h1-11,14H,12-13,15H2,(H,27,31). The molecule has 5 nitrogen and oxygen atoms in total. The maximum Gasteiger partial charge on any atom is 0.323 e. The predicted octanol–water partition coefficient (Wildman–Crippen LogP) is 5.46. The van der Waals surface area contributed by atoms with E-state index in [1.54, 1.807) is 35.2 Å². The lowest BCUT2D eigenvalue weighted by atomic mass is 10.1. The van der Waals surface area contributed by atoms with Crippen LogP contribution in [0.15, 0.2) is 72.8 Å². The first-order valence-electron chi connectivity index (χ1n) is 10.1. The molecular formula is C24H19ClFN3O2S. The predicted molar refractivity (Wildman–Crippen MR) is 125 cm³/mol. The monoisotopic (exact) mass is 467 g/mol. The summed E-state index contributed by atoms with van der Waals surface area (Å²) in [5.74, 6) is -0.117. The highest BCUT2D eigenvalue weighted by molar-refractivity contribution is 8.01. The number of nitrogens with one attached hydrogen (secondary N) is 1. The summed E-state index contributed by atoms with van der Waals surface area (Å²) in [4.78, 5) is 29.0. The smallest absolute Gasteiger partial charge is 0.308 e. The Morgan fingerprint density at radius 2 is 1.84 bits per heavy atom. The van der Waals surface area contributed by atoms with Crippen LogP contribution in [0.4, 0.5) is 20.6 Å². The van der Waals surface area contributed by atoms with E-state index in [0.29, 0.717) is 40.8 Å². The fraction of sp³-hybridized carbons (Fsp3) is 0.167. The zero-order valence-corrected chi connectivity index (χ0v) is 18.5. The highest BCUT2D eigenvalue weighted by Gasteiger charge is 2.59. The van der Waals surface area contributed by atoms with Gasteiger partial charge in [0, 0.05) is 28.6 Å². The van der Waals surface area contributed by atoms with Crippen molar-refractivity contribution in [3.8, 4) is 0 Å². The maximum absolute atomic E-state index is 14.3. The van der Waals surface area contributed by atoms with Gasteiger partial charge in [-0.1, -0.05) is 41.9 Å². The van der Waals surface area contributed by atoms with Crippen molar-refractivity contribution in [3.05, 3.63) is 94.8 Å². The van der Waals surface area contributed by atoms with Crippen molar-refractivity contribution in [2.45, 2.75) is 11.4 Å². The molecule has 162 valence electrons. The van der Waals surface area contributed by atoms with Crippen LogP contribution in [-0.2, 0) is 16.2 Å². The molecule has 1 unspecified atom stereocenters. The van der Waals surface area contributed by atoms with Gasteiger partial charge in [0.25, 0.3) is 5.91 Å². The quantitative estimate of drug-likeness (QED) is 0.556. The van der Waals surface area contributed by atoms with Crippen LogP contribution in [0.2, 0.25) is 5.02 Å². The van der Waals surface area contributed by atoms with Crippen LogP contribution in [0.3, 0.4) is 0 Å². The fourth-order valence-corrected chi connectivity index (χ4v) is 5.81. The number of benzene rings is 3. The zero-order valence-electron chi connectivity index (χ0n) is 16.9. The van der Waals surface area contributed by atoms with Crippen molar-refractivity contribution >= 4 is 46.7 Å². The second-order valence-electron chi connectivity index (χ2n) is 7.62. The zero-order chi connectivity index (χ0) is 22.3. The molecule has 0 aromatic heterocycles. The molecule has 0 radical (unpaired) electrons. The molecular weight excluding hydrogens is 449 g/mol. The number of hydrogen-bond donors (Lipinski definition) is 1. The van der Waals surface area contributed by atoms with Crippen molar-refractivity contribution in [2.75, 3.05) is 22.5 Å². The molecule has 2 heterocycles. The molecule has 32 heavy (non-hydrogen) atoms. The Kier molecular flexibility index (Phi) is 5.31. The lowest BCUT2D eigenvalue weighted by Gasteiger charge is -2.33. The molecule has 1 spiro atoms. The minimum Gasteiger partial charge on any atom is -0.308 e. The maximum atomic E-state index is 14.3. The Balaban J connectivity index is 1.53. The van der Waals surface area contributed by atoms with Gasteiger partial charge in [0.1, 0.15) is 5.82 Å². The van der Waals surface area contributed by atoms with Crippen molar-refractivity contribution in [2.24, 2.45) is 0 Å². The van der Waals surface area contributed by atoms with Crippen LogP contribution < -0.4 is 10.2 Å². The van der Waals surface area contributed by atoms with Gasteiger partial charge in [-0.2, -0.15) is 0 Å². The normalized spacial score (nSPS) is 19.5. The second-order valence-corrected chi connectivity index (χ2v) is 9.34. The SMILES string of the molecule is O=C(Nc1ccc(Cl)cc1)N1CCSC12C(=O)N(Cc1ccccc1)c1ccc(F)cc12. The van der Waals surface area contributed by atoms with Crippen LogP contribution in [0.1, 0.15) is 11.1 Å². The number of anilines is 2. The molecule has 1 atom stereocenters. The lowest BCUT2D eigenvalue weighted by Crippen LogP contribution is -2.51. The number of amides is 3. The summed E-state index contributed by atoms with van der Waals surface area (Å²) in [7, 11) is 0. The molecule has 2 aliphatic heterocycles. The Labute approximate surface area is 194 Å². The number of thioether (sulfide) groups is 1. The van der Waals surface area contributed by atoms with Crippen LogP contribution >= 0.6 is 23.4 Å². The second kappa shape index (κ2) is 8.15. The number of hydrogen-bond acceptors (Lipinski definition) is 3. The van der Waals surface area contributed by atoms with Gasteiger partial charge >= 0.3 is 6.03 Å². The largest absolute Gasteiger partial charge is 0.323 e. The molecule has 8 heteroatoms. The molecule has 1 N–H and O–H groups in total. The Hall–Kier alpha value is -3.03. The van der Waals surface area contributed by atoms with Gasteiger partial charge in [-0.25, -0.2) is 9.18 Å². The van der Waals surface area contributed by atoms with Crippen LogP contribution in [0, 0.1) is 5.82 Å². The number of nitrogens with zero attached hydrogens (tertiary/aromatic N) is 2. The van der Waals surface area contributed by atoms with E-state index in [0.717, 1.165) is 5.56 Å². The third-order valence-electron chi connectivity index (χ3n) is 5.68. The van der Waals surface area contributed by atoms with Crippen LogP contribution in [0.25, 0.3) is 0 Å². The number of rotatable bonds is 3. The summed E-state index contributed by atoms with van der Waals surface area (Å²) < 4.78 is 14.3. The molecule has 3 aromatic rings. The Bertz CT molecular complexity index is 1190. The molecule has 3 aromatic carbocycles. The first-order chi connectivity index (χ1) is 15.5. The Morgan fingerprint density at radius 1 is 1.09 bits per heavy atom. The van der Waals surface area contributed by atoms with E-state index in [-0.39, 0.29) is 5.91 Å². The topological polar surface area (TPSA) is 52.7 Å². The molecule has 5 rings (SSSR count). The van der Waals surface area contributed by atoms with Crippen molar-refractivity contribution < 1.29 is 14.0 Å². The average molecular weight is 468 g/mol. The molecule has 3 amide bonds. The van der Waals surface area contributed by atoms with Crippen molar-refractivity contribution in [1.29, 1.82) is 0 Å². The third-order valence-corrected chi connectivity index (χ3v) is 7.35. The summed E-state index contributed by atoms with van der Waals surface area (Å²) in [6.07, 6.45) is 0. The van der Waals surface area contributed by atoms with E-state index in [1.165, 1.54) is 28.8 Å². The van der Waals surface area contributed by atoms with E-state index >= 15 is 0 Å². The highest BCUT2D eigenvalue weighted by atomic mass is 35.5. The fourth-order valence-electron chi connectivity index (χ4n) is 4.23. The number of fused-ring (bicyclic) bond motifs is 2. The number of carbonyl (C=O) groups is 2. The van der Waals surface area contributed by atoms with E-state index in [1.807, 2.05) is 30.3 Å². The molecule has 1 fully saturated rings. The summed E-state index contributed by atoms with van der Waals surface area (Å²) >= 11 is 7.30. The van der Waals surface area contributed by atoms with Gasteiger partial charge in [-0.15, -0.1) is 11.8 Å². The molecule has 2 aliphatic rings. The number of halogens is 2. The van der Waals surface area contributed by atoms with Crippen LogP contribution in [-0.4, -0.2) is 29.1 Å². The average Bonchev–Trinajstić information content (AvgIpc) is 3.33. The van der Waals surface area contributed by atoms with Gasteiger partial charge in [-0.05, 0) is 48.0 Å². The molecule has 0 aliphatic carbocycles. The molecule has 1 saturated heterocycles. The number of urea groups is 1. The van der Waals surface area contributed by atoms with Gasteiger partial charge in [0.05, 0.1) is 12.2 Å². The highest BCUT2D eigenvalue weighted by Crippen LogP contribution is 2.54. The van der Waals surface area contributed by atoms with Crippen LogP contribution in [0.5, 0.6) is 0 Å². The van der Waals surface area contributed by atoms with E-state index < -0.39 is 16.7 Å². The lowest BCUT2D eigenvalue weighted by molar-refractivity contribution is -0.123. The summed E-state index contributed by atoms with van der Waals surface area (Å²) in [6.45, 7) is 0.707. The summed E-state index contributed by atoms with van der Waals surface area (Å²) in [5.41, 5.74) is 2.65. The van der Waals surface area contributed by atoms with E-state index in [4.69, 9.17) is 11.6 Å². The minimum atomic E-state index is -1.30.